The van der Waals surface area contributed by atoms with Crippen molar-refractivity contribution in [3.63, 3.8) is 0 Å². The Bertz CT molecular complexity index is 856. The molecule has 0 saturated carbocycles. The van der Waals surface area contributed by atoms with Crippen molar-refractivity contribution in [3.8, 4) is 0 Å². The maximum Gasteiger partial charge on any atom is 0.0271 e. The first-order valence-electron chi connectivity index (χ1n) is 10.2. The Hall–Kier alpha value is -2.23. The fourth-order valence-electron chi connectivity index (χ4n) is 4.42. The Labute approximate surface area is 162 Å². The van der Waals surface area contributed by atoms with Crippen molar-refractivity contribution in [2.75, 3.05) is 19.6 Å². The maximum absolute atomic E-state index is 4.18. The third-order valence-corrected chi connectivity index (χ3v) is 5.80. The van der Waals surface area contributed by atoms with E-state index in [1.807, 2.05) is 12.4 Å². The van der Waals surface area contributed by atoms with Crippen molar-refractivity contribution in [1.82, 2.24) is 14.8 Å². The zero-order valence-corrected chi connectivity index (χ0v) is 16.2. The van der Waals surface area contributed by atoms with Crippen molar-refractivity contribution in [3.05, 3.63) is 78.1 Å². The van der Waals surface area contributed by atoms with Gasteiger partial charge in [0.15, 0.2) is 0 Å². The fourth-order valence-corrected chi connectivity index (χ4v) is 4.42. The maximum atomic E-state index is 4.18. The molecule has 1 saturated heterocycles. The van der Waals surface area contributed by atoms with Crippen LogP contribution in [-0.2, 0) is 13.1 Å². The van der Waals surface area contributed by atoms with E-state index in [1.165, 1.54) is 41.3 Å². The molecule has 1 fully saturated rings. The Morgan fingerprint density at radius 3 is 2.67 bits per heavy atom. The molecule has 2 heterocycles. The van der Waals surface area contributed by atoms with Gasteiger partial charge in [-0.25, -0.2) is 0 Å². The highest BCUT2D eigenvalue weighted by Crippen LogP contribution is 2.23. The second-order valence-corrected chi connectivity index (χ2v) is 7.59. The fraction of sp³-hybridized carbons (Fsp3) is 0.375. The van der Waals surface area contributed by atoms with Crippen molar-refractivity contribution < 1.29 is 0 Å². The summed E-state index contributed by atoms with van der Waals surface area (Å²) < 4.78 is 0. The Kier molecular flexibility index (Phi) is 5.81. The van der Waals surface area contributed by atoms with Crippen LogP contribution in [0.2, 0.25) is 0 Å². The van der Waals surface area contributed by atoms with Crippen LogP contribution in [0.5, 0.6) is 0 Å². The summed E-state index contributed by atoms with van der Waals surface area (Å²) in [6, 6.07) is 20.4. The molecule has 1 aliphatic rings. The summed E-state index contributed by atoms with van der Waals surface area (Å²) in [4.78, 5) is 9.44. The number of nitrogens with zero attached hydrogens (tertiary/aromatic N) is 3. The number of likely N-dealkylation sites (N-methyl/N-ethyl adjacent to an activating group) is 1. The quantitative estimate of drug-likeness (QED) is 0.608. The van der Waals surface area contributed by atoms with Gasteiger partial charge in [0.05, 0.1) is 0 Å². The van der Waals surface area contributed by atoms with Crippen LogP contribution in [0.4, 0.5) is 0 Å². The molecule has 0 unspecified atom stereocenters. The molecule has 0 aliphatic carbocycles. The molecule has 3 nitrogen and oxygen atoms in total. The zero-order valence-electron chi connectivity index (χ0n) is 16.2. The van der Waals surface area contributed by atoms with E-state index in [2.05, 4.69) is 76.3 Å². The largest absolute Gasteiger partial charge is 0.299 e. The van der Waals surface area contributed by atoms with Crippen molar-refractivity contribution in [2.24, 2.45) is 0 Å². The number of fused-ring (bicyclic) bond motifs is 1. The van der Waals surface area contributed by atoms with E-state index in [9.17, 15) is 0 Å². The molecule has 0 N–H and O–H groups in total. The molecule has 0 amide bonds. The summed E-state index contributed by atoms with van der Waals surface area (Å²) in [5.41, 5.74) is 2.76. The molecular weight excluding hydrogens is 330 g/mol. The molecular formula is C24H29N3. The second kappa shape index (κ2) is 8.64. The number of hydrogen-bond acceptors (Lipinski definition) is 3. The number of aromatic nitrogens is 1. The molecule has 140 valence electrons. The van der Waals surface area contributed by atoms with Crippen LogP contribution in [0.1, 0.15) is 30.9 Å². The Morgan fingerprint density at radius 2 is 1.81 bits per heavy atom. The van der Waals surface area contributed by atoms with Gasteiger partial charge in [-0.3, -0.25) is 14.8 Å². The highest BCUT2D eigenvalue weighted by molar-refractivity contribution is 5.85. The van der Waals surface area contributed by atoms with Gasteiger partial charge in [-0.1, -0.05) is 49.4 Å². The molecule has 1 aliphatic heterocycles. The zero-order chi connectivity index (χ0) is 18.5. The first-order chi connectivity index (χ1) is 13.3. The minimum atomic E-state index is 0.673. The van der Waals surface area contributed by atoms with Crippen LogP contribution < -0.4 is 0 Å². The monoisotopic (exact) mass is 359 g/mol. The summed E-state index contributed by atoms with van der Waals surface area (Å²) in [7, 11) is 0. The van der Waals surface area contributed by atoms with E-state index < -0.39 is 0 Å². The van der Waals surface area contributed by atoms with Gasteiger partial charge in [-0.05, 0) is 60.0 Å². The molecule has 3 aromatic rings. The lowest BCUT2D eigenvalue weighted by Crippen LogP contribution is -2.39. The highest BCUT2D eigenvalue weighted by atomic mass is 15.2. The van der Waals surface area contributed by atoms with Gasteiger partial charge in [0, 0.05) is 38.1 Å². The normalized spacial score (nSPS) is 17.8. The minimum absolute atomic E-state index is 0.673. The molecule has 1 atom stereocenters. The standard InChI is InChI=1S/C24H29N3/c1-2-27-16-6-10-23(27)19-26(17-20-12-14-25-15-13-20)18-22-9-5-8-21-7-3-4-11-24(21)22/h3-5,7-9,11-15,23H,2,6,10,16-19H2,1H3/t23-/m1/s1. The Balaban J connectivity index is 1.58. The summed E-state index contributed by atoms with van der Waals surface area (Å²) in [5.74, 6) is 0. The third kappa shape index (κ3) is 4.37. The van der Waals surface area contributed by atoms with Gasteiger partial charge in [0.1, 0.15) is 0 Å². The van der Waals surface area contributed by atoms with Gasteiger partial charge in [-0.15, -0.1) is 0 Å². The highest BCUT2D eigenvalue weighted by Gasteiger charge is 2.25. The van der Waals surface area contributed by atoms with E-state index in [4.69, 9.17) is 0 Å². The molecule has 27 heavy (non-hydrogen) atoms. The number of pyridine rings is 1. The van der Waals surface area contributed by atoms with Crippen molar-refractivity contribution >= 4 is 10.8 Å². The van der Waals surface area contributed by atoms with Crippen LogP contribution in [0.15, 0.2) is 67.0 Å². The topological polar surface area (TPSA) is 19.4 Å². The smallest absolute Gasteiger partial charge is 0.0271 e. The van der Waals surface area contributed by atoms with Gasteiger partial charge in [0.2, 0.25) is 0 Å². The van der Waals surface area contributed by atoms with E-state index in [1.54, 1.807) is 0 Å². The van der Waals surface area contributed by atoms with E-state index in [0.717, 1.165) is 26.2 Å². The SMILES string of the molecule is CCN1CCC[C@@H]1CN(Cc1ccncc1)Cc1cccc2ccccc12. The molecule has 0 bridgehead atoms. The molecule has 0 radical (unpaired) electrons. The molecule has 1 aromatic heterocycles. The molecule has 4 rings (SSSR count). The average molecular weight is 360 g/mol. The number of likely N-dealkylation sites (tertiary alicyclic amines) is 1. The van der Waals surface area contributed by atoms with Crippen molar-refractivity contribution in [1.29, 1.82) is 0 Å². The lowest BCUT2D eigenvalue weighted by molar-refractivity contribution is 0.166. The average Bonchev–Trinajstić information content (AvgIpc) is 3.16. The van der Waals surface area contributed by atoms with Crippen LogP contribution in [-0.4, -0.2) is 40.5 Å². The lowest BCUT2D eigenvalue weighted by atomic mass is 10.0. The van der Waals surface area contributed by atoms with Crippen LogP contribution in [0, 0.1) is 0 Å². The molecule has 2 aromatic carbocycles. The van der Waals surface area contributed by atoms with Crippen LogP contribution >= 0.6 is 0 Å². The summed E-state index contributed by atoms with van der Waals surface area (Å²) in [6.45, 7) is 7.77. The Morgan fingerprint density at radius 1 is 1.00 bits per heavy atom. The van der Waals surface area contributed by atoms with Crippen molar-refractivity contribution in [2.45, 2.75) is 38.9 Å². The summed E-state index contributed by atoms with van der Waals surface area (Å²) in [6.07, 6.45) is 6.45. The van der Waals surface area contributed by atoms with Gasteiger partial charge >= 0.3 is 0 Å². The lowest BCUT2D eigenvalue weighted by Gasteiger charge is -2.30. The first kappa shape index (κ1) is 18.1. The number of benzene rings is 2. The summed E-state index contributed by atoms with van der Waals surface area (Å²) in [5, 5.41) is 2.70. The number of rotatable bonds is 7. The van der Waals surface area contributed by atoms with E-state index in [0.29, 0.717) is 6.04 Å². The van der Waals surface area contributed by atoms with E-state index in [-0.39, 0.29) is 0 Å². The predicted octanol–water partition coefficient (Wildman–Crippen LogP) is 4.72. The predicted molar refractivity (Wildman–Crippen MR) is 113 cm³/mol. The van der Waals surface area contributed by atoms with Gasteiger partial charge in [0.25, 0.3) is 0 Å². The van der Waals surface area contributed by atoms with Crippen LogP contribution in [0.25, 0.3) is 10.8 Å². The van der Waals surface area contributed by atoms with E-state index >= 15 is 0 Å². The molecule has 0 spiro atoms. The van der Waals surface area contributed by atoms with Gasteiger partial charge in [-0.2, -0.15) is 0 Å². The van der Waals surface area contributed by atoms with Gasteiger partial charge < -0.3 is 0 Å². The summed E-state index contributed by atoms with van der Waals surface area (Å²) >= 11 is 0. The minimum Gasteiger partial charge on any atom is -0.299 e. The number of hydrogen-bond donors (Lipinski definition) is 0. The third-order valence-electron chi connectivity index (χ3n) is 5.80. The first-order valence-corrected chi connectivity index (χ1v) is 10.2. The second-order valence-electron chi connectivity index (χ2n) is 7.59. The molecule has 3 heteroatoms. The van der Waals surface area contributed by atoms with Crippen LogP contribution in [0.3, 0.4) is 0 Å².